The molecule has 3 aromatic rings. The van der Waals surface area contributed by atoms with Gasteiger partial charge in [-0.1, -0.05) is 24.9 Å². The van der Waals surface area contributed by atoms with Gasteiger partial charge in [0.25, 0.3) is 11.6 Å². The van der Waals surface area contributed by atoms with Crippen LogP contribution in [0.15, 0.2) is 34.9 Å². The van der Waals surface area contributed by atoms with Crippen LogP contribution >= 0.6 is 0 Å². The summed E-state index contributed by atoms with van der Waals surface area (Å²) < 4.78 is 24.1. The molecule has 0 bridgehead atoms. The number of aryl methyl sites for hydroxylation is 1. The zero-order valence-electron chi connectivity index (χ0n) is 18.4. The third-order valence-corrected chi connectivity index (χ3v) is 6.07. The van der Waals surface area contributed by atoms with E-state index in [4.69, 9.17) is 9.26 Å². The molecule has 3 unspecified atom stereocenters. The average Bonchev–Trinajstić information content (AvgIpc) is 3.16. The Hall–Kier alpha value is -3.29. The minimum absolute atomic E-state index is 0.0930. The molecule has 1 fully saturated rings. The number of nitrogens with zero attached hydrogens (tertiary/aromatic N) is 2. The van der Waals surface area contributed by atoms with Crippen molar-refractivity contribution in [1.82, 2.24) is 15.5 Å². The fourth-order valence-electron chi connectivity index (χ4n) is 4.13. The molecule has 32 heavy (non-hydrogen) atoms. The number of fused-ring (bicyclic) bond motifs is 1. The lowest BCUT2D eigenvalue weighted by molar-refractivity contribution is -0.130. The molecule has 1 amide bonds. The highest BCUT2D eigenvalue weighted by molar-refractivity contribution is 6.05. The topological polar surface area (TPSA) is 94.3 Å². The number of nitrogens with one attached hydrogen (secondary N) is 1. The Morgan fingerprint density at radius 3 is 2.66 bits per heavy atom. The Kier molecular flexibility index (Phi) is 6.21. The number of pyridine rings is 1. The first-order valence-electron chi connectivity index (χ1n) is 10.9. The summed E-state index contributed by atoms with van der Waals surface area (Å²) >= 11 is 0. The van der Waals surface area contributed by atoms with Crippen LogP contribution in [-0.2, 0) is 9.53 Å². The molecule has 0 saturated heterocycles. The molecular weight excluding hydrogens is 413 g/mol. The summed E-state index contributed by atoms with van der Waals surface area (Å²) in [6.07, 6.45) is 3.29. The number of carbonyl (C=O) groups excluding carboxylic acids is 2. The van der Waals surface area contributed by atoms with Crippen LogP contribution < -0.4 is 5.32 Å². The quantitative estimate of drug-likeness (QED) is 0.585. The van der Waals surface area contributed by atoms with Crippen LogP contribution in [0.25, 0.3) is 22.4 Å². The normalized spacial score (nSPS) is 19.5. The van der Waals surface area contributed by atoms with E-state index in [1.807, 2.05) is 0 Å². The van der Waals surface area contributed by atoms with E-state index in [2.05, 4.69) is 22.4 Å². The highest BCUT2D eigenvalue weighted by Crippen LogP contribution is 2.28. The predicted molar refractivity (Wildman–Crippen MR) is 116 cm³/mol. The Balaban J connectivity index is 1.57. The number of halogens is 1. The molecule has 1 aromatic carbocycles. The molecule has 168 valence electrons. The van der Waals surface area contributed by atoms with Crippen molar-refractivity contribution in [3.8, 4) is 11.3 Å². The Morgan fingerprint density at radius 1 is 1.22 bits per heavy atom. The molecule has 2 aromatic heterocycles. The molecular formula is C24H26FN3O4. The van der Waals surface area contributed by atoms with E-state index in [1.54, 1.807) is 32.0 Å². The fourth-order valence-corrected chi connectivity index (χ4v) is 4.13. The molecule has 1 aliphatic carbocycles. The molecule has 4 rings (SSSR count). The number of esters is 1. The zero-order chi connectivity index (χ0) is 22.8. The van der Waals surface area contributed by atoms with Gasteiger partial charge in [0.15, 0.2) is 6.10 Å². The minimum atomic E-state index is -0.964. The lowest BCUT2D eigenvalue weighted by Gasteiger charge is -2.30. The monoisotopic (exact) mass is 439 g/mol. The van der Waals surface area contributed by atoms with Gasteiger partial charge in [0.1, 0.15) is 5.82 Å². The Morgan fingerprint density at radius 2 is 1.94 bits per heavy atom. The van der Waals surface area contributed by atoms with Crippen LogP contribution in [0.5, 0.6) is 0 Å². The standard InChI is InChI=1S/C24H26FN3O4/c1-13-6-4-5-7-19(13)26-22(29)15(3)31-24(30)18-12-20(16-8-10-17(25)11-9-16)27-23-21(18)14(2)28-32-23/h8-13,15,19H,4-7H2,1-3H3,(H,26,29). The smallest absolute Gasteiger partial charge is 0.339 e. The number of benzene rings is 1. The maximum Gasteiger partial charge on any atom is 0.339 e. The summed E-state index contributed by atoms with van der Waals surface area (Å²) in [5.74, 6) is -0.972. The van der Waals surface area contributed by atoms with Gasteiger partial charge in [-0.15, -0.1) is 0 Å². The predicted octanol–water partition coefficient (Wildman–Crippen LogP) is 4.58. The number of hydrogen-bond acceptors (Lipinski definition) is 6. The molecule has 3 atom stereocenters. The van der Waals surface area contributed by atoms with Crippen molar-refractivity contribution in [1.29, 1.82) is 0 Å². The van der Waals surface area contributed by atoms with E-state index in [9.17, 15) is 14.0 Å². The summed E-state index contributed by atoms with van der Waals surface area (Å²) in [5, 5.41) is 7.34. The molecule has 1 saturated carbocycles. The van der Waals surface area contributed by atoms with Crippen molar-refractivity contribution in [3.05, 3.63) is 47.4 Å². The first-order valence-corrected chi connectivity index (χ1v) is 10.9. The molecule has 1 aliphatic rings. The molecule has 0 spiro atoms. The van der Waals surface area contributed by atoms with Crippen molar-refractivity contribution in [2.45, 2.75) is 58.6 Å². The second kappa shape index (κ2) is 9.06. The molecule has 1 N–H and O–H groups in total. The number of ether oxygens (including phenoxy) is 1. The average molecular weight is 439 g/mol. The summed E-state index contributed by atoms with van der Waals surface area (Å²) in [6, 6.07) is 7.38. The first-order chi connectivity index (χ1) is 15.3. The van der Waals surface area contributed by atoms with Gasteiger partial charge in [-0.2, -0.15) is 0 Å². The van der Waals surface area contributed by atoms with E-state index in [1.165, 1.54) is 18.6 Å². The largest absolute Gasteiger partial charge is 0.449 e. The van der Waals surface area contributed by atoms with Gasteiger partial charge in [0, 0.05) is 11.6 Å². The summed E-state index contributed by atoms with van der Waals surface area (Å²) in [6.45, 7) is 5.38. The minimum Gasteiger partial charge on any atom is -0.449 e. The van der Waals surface area contributed by atoms with Crippen LogP contribution in [0, 0.1) is 18.7 Å². The van der Waals surface area contributed by atoms with E-state index in [-0.39, 0.29) is 29.0 Å². The Labute approximate surface area is 185 Å². The molecule has 0 aliphatic heterocycles. The molecule has 7 nitrogen and oxygen atoms in total. The van der Waals surface area contributed by atoms with Crippen molar-refractivity contribution in [3.63, 3.8) is 0 Å². The van der Waals surface area contributed by atoms with E-state index in [0.717, 1.165) is 19.3 Å². The highest BCUT2D eigenvalue weighted by atomic mass is 19.1. The van der Waals surface area contributed by atoms with Crippen molar-refractivity contribution >= 4 is 23.0 Å². The zero-order valence-corrected chi connectivity index (χ0v) is 18.4. The van der Waals surface area contributed by atoms with Gasteiger partial charge in [-0.25, -0.2) is 14.2 Å². The number of rotatable bonds is 5. The molecule has 2 heterocycles. The van der Waals surface area contributed by atoms with Gasteiger partial charge in [0.2, 0.25) is 0 Å². The van der Waals surface area contributed by atoms with Crippen molar-refractivity contribution < 1.29 is 23.2 Å². The lowest BCUT2D eigenvalue weighted by Crippen LogP contribution is -2.46. The SMILES string of the molecule is Cc1noc2nc(-c3ccc(F)cc3)cc(C(=O)OC(C)C(=O)NC3CCCCC3C)c12. The van der Waals surface area contributed by atoms with Gasteiger partial charge in [-0.05, 0) is 62.9 Å². The van der Waals surface area contributed by atoms with Gasteiger partial charge < -0.3 is 14.6 Å². The second-order valence-corrected chi connectivity index (χ2v) is 8.43. The third kappa shape index (κ3) is 4.49. The van der Waals surface area contributed by atoms with Gasteiger partial charge in [-0.3, -0.25) is 4.79 Å². The van der Waals surface area contributed by atoms with Crippen LogP contribution in [0.4, 0.5) is 4.39 Å². The second-order valence-electron chi connectivity index (χ2n) is 8.43. The van der Waals surface area contributed by atoms with Gasteiger partial charge in [0.05, 0.1) is 22.3 Å². The summed E-state index contributed by atoms with van der Waals surface area (Å²) in [7, 11) is 0. The van der Waals surface area contributed by atoms with E-state index < -0.39 is 12.1 Å². The maximum absolute atomic E-state index is 13.3. The number of carbonyl (C=O) groups is 2. The summed E-state index contributed by atoms with van der Waals surface area (Å²) in [5.41, 5.74) is 1.86. The third-order valence-electron chi connectivity index (χ3n) is 6.07. The van der Waals surface area contributed by atoms with Gasteiger partial charge >= 0.3 is 5.97 Å². The van der Waals surface area contributed by atoms with Crippen molar-refractivity contribution in [2.75, 3.05) is 0 Å². The van der Waals surface area contributed by atoms with E-state index in [0.29, 0.717) is 28.3 Å². The Bertz CT molecular complexity index is 1140. The van der Waals surface area contributed by atoms with E-state index >= 15 is 0 Å². The maximum atomic E-state index is 13.3. The van der Waals surface area contributed by atoms with Crippen LogP contribution in [-0.4, -0.2) is 34.2 Å². The first kappa shape index (κ1) is 21.9. The highest BCUT2D eigenvalue weighted by Gasteiger charge is 2.28. The van der Waals surface area contributed by atoms with Crippen molar-refractivity contribution in [2.24, 2.45) is 5.92 Å². The molecule has 0 radical (unpaired) electrons. The lowest BCUT2D eigenvalue weighted by atomic mass is 9.86. The summed E-state index contributed by atoms with van der Waals surface area (Å²) in [4.78, 5) is 30.1. The van der Waals surface area contributed by atoms with Crippen LogP contribution in [0.1, 0.15) is 55.6 Å². The van der Waals surface area contributed by atoms with Crippen LogP contribution in [0.2, 0.25) is 0 Å². The number of amides is 1. The molecule has 8 heteroatoms. The fraction of sp³-hybridized carbons (Fsp3) is 0.417. The number of hydrogen-bond donors (Lipinski definition) is 1. The number of aromatic nitrogens is 2. The van der Waals surface area contributed by atoms with Crippen LogP contribution in [0.3, 0.4) is 0 Å².